The summed E-state index contributed by atoms with van der Waals surface area (Å²) in [6.07, 6.45) is 3.56. The maximum atomic E-state index is 9.99. The topological polar surface area (TPSA) is 38.8 Å². The summed E-state index contributed by atoms with van der Waals surface area (Å²) in [6, 6.07) is 14.7. The predicted octanol–water partition coefficient (Wildman–Crippen LogP) is 1.11. The van der Waals surface area contributed by atoms with Crippen molar-refractivity contribution in [3.05, 3.63) is 72.6 Å². The van der Waals surface area contributed by atoms with Gasteiger partial charge < -0.3 is 19.3 Å². The summed E-state index contributed by atoms with van der Waals surface area (Å²) in [5, 5.41) is 9.99. The quantitative estimate of drug-likeness (QED) is 0.645. The van der Waals surface area contributed by atoms with Gasteiger partial charge in [-0.3, -0.25) is 0 Å². The number of nitrogens with one attached hydrogen (secondary N) is 1. The first-order valence-electron chi connectivity index (χ1n) is 8.02. The van der Waals surface area contributed by atoms with Crippen LogP contribution < -0.4 is 4.90 Å². The lowest BCUT2D eigenvalue weighted by molar-refractivity contribution is -0.911. The van der Waals surface area contributed by atoms with E-state index in [-0.39, 0.29) is 0 Å². The fourth-order valence-corrected chi connectivity index (χ4v) is 2.82. The molecule has 1 unspecified atom stereocenters. The molecule has 4 nitrogen and oxygen atoms in total. The third kappa shape index (κ3) is 5.67. The molecule has 0 bridgehead atoms. The van der Waals surface area contributed by atoms with E-state index >= 15 is 0 Å². The smallest absolute Gasteiger partial charge is 0.126 e. The molecule has 4 heteroatoms. The highest BCUT2D eigenvalue weighted by Gasteiger charge is 2.16. The molecule has 0 aliphatic heterocycles. The van der Waals surface area contributed by atoms with Gasteiger partial charge in [-0.1, -0.05) is 36.9 Å². The minimum atomic E-state index is -0.451. The maximum Gasteiger partial charge on any atom is 0.126 e. The molecule has 2 N–H and O–H groups in total. The Morgan fingerprint density at radius 2 is 2.04 bits per heavy atom. The van der Waals surface area contributed by atoms with E-state index in [1.165, 1.54) is 16.2 Å². The number of hydrogen-bond donors (Lipinski definition) is 2. The number of quaternary nitrogens is 1. The zero-order valence-electron chi connectivity index (χ0n) is 13.8. The molecule has 0 fully saturated rings. The molecule has 23 heavy (non-hydrogen) atoms. The molecule has 124 valence electrons. The number of nitrogens with zero attached hydrogens (tertiary/aromatic N) is 1. The monoisotopic (exact) mass is 315 g/mol. The van der Waals surface area contributed by atoms with Crippen LogP contribution in [0.5, 0.6) is 0 Å². The third-order valence-corrected chi connectivity index (χ3v) is 3.87. The van der Waals surface area contributed by atoms with E-state index < -0.39 is 6.10 Å². The van der Waals surface area contributed by atoms with Crippen molar-refractivity contribution in [2.75, 3.05) is 26.8 Å². The van der Waals surface area contributed by atoms with E-state index in [1.807, 2.05) is 12.1 Å². The second-order valence-electron chi connectivity index (χ2n) is 5.85. The number of ether oxygens (including phenoxy) is 1. The van der Waals surface area contributed by atoms with Gasteiger partial charge in [0.15, 0.2) is 0 Å². The average Bonchev–Trinajstić information content (AvgIpc) is 2.96. The van der Waals surface area contributed by atoms with Crippen LogP contribution in [0.4, 0.5) is 0 Å². The molecule has 1 heterocycles. The van der Waals surface area contributed by atoms with Crippen LogP contribution in [0.3, 0.4) is 0 Å². The number of rotatable bonds is 10. The van der Waals surface area contributed by atoms with Crippen molar-refractivity contribution < 1.29 is 14.7 Å². The number of methoxy groups -OCH3 is 1. The summed E-state index contributed by atoms with van der Waals surface area (Å²) in [7, 11) is 1.61. The van der Waals surface area contributed by atoms with Gasteiger partial charge in [-0.2, -0.15) is 0 Å². The minimum Gasteiger partial charge on any atom is -0.385 e. The Kier molecular flexibility index (Phi) is 7.07. The Morgan fingerprint density at radius 3 is 2.74 bits per heavy atom. The molecule has 1 aromatic heterocycles. The first-order chi connectivity index (χ1) is 11.2. The molecule has 2 rings (SSSR count). The Labute approximate surface area is 138 Å². The molecule has 0 aliphatic carbocycles. The van der Waals surface area contributed by atoms with Gasteiger partial charge in [0.25, 0.3) is 0 Å². The highest BCUT2D eigenvalue weighted by Crippen LogP contribution is 2.07. The van der Waals surface area contributed by atoms with Gasteiger partial charge in [0.1, 0.15) is 19.2 Å². The van der Waals surface area contributed by atoms with Gasteiger partial charge in [-0.15, -0.1) is 0 Å². The fraction of sp³-hybridized carbons (Fsp3) is 0.368. The number of benzene rings is 1. The summed E-state index contributed by atoms with van der Waals surface area (Å²) in [5.41, 5.74) is 2.55. The van der Waals surface area contributed by atoms with Crippen LogP contribution >= 0.6 is 0 Å². The van der Waals surface area contributed by atoms with Crippen LogP contribution in [0, 0.1) is 0 Å². The highest BCUT2D eigenvalue weighted by molar-refractivity contribution is 5.17. The fourth-order valence-electron chi connectivity index (χ4n) is 2.82. The minimum absolute atomic E-state index is 0.367. The largest absolute Gasteiger partial charge is 0.385 e. The van der Waals surface area contributed by atoms with Gasteiger partial charge in [-0.05, 0) is 23.8 Å². The predicted molar refractivity (Wildman–Crippen MR) is 92.5 cm³/mol. The van der Waals surface area contributed by atoms with E-state index in [1.54, 1.807) is 7.11 Å². The average molecular weight is 315 g/mol. The molecule has 0 amide bonds. The highest BCUT2D eigenvalue weighted by atomic mass is 16.5. The SMILES string of the molecule is C=CC[NH+](Cc1cccn1Cc1ccccc1)C[C@H](O)COC. The van der Waals surface area contributed by atoms with Gasteiger partial charge in [0, 0.05) is 19.9 Å². The Morgan fingerprint density at radius 1 is 1.26 bits per heavy atom. The van der Waals surface area contributed by atoms with Crippen LogP contribution in [-0.4, -0.2) is 42.6 Å². The van der Waals surface area contributed by atoms with Crippen molar-refractivity contribution in [2.45, 2.75) is 19.2 Å². The summed E-state index contributed by atoms with van der Waals surface area (Å²) in [4.78, 5) is 1.28. The molecule has 1 aromatic carbocycles. The van der Waals surface area contributed by atoms with Gasteiger partial charge in [-0.25, -0.2) is 0 Å². The van der Waals surface area contributed by atoms with Crippen LogP contribution in [-0.2, 0) is 17.8 Å². The van der Waals surface area contributed by atoms with Crippen LogP contribution in [0.1, 0.15) is 11.3 Å². The zero-order valence-corrected chi connectivity index (χ0v) is 13.8. The van der Waals surface area contributed by atoms with Crippen molar-refractivity contribution in [1.29, 1.82) is 0 Å². The van der Waals surface area contributed by atoms with Crippen LogP contribution in [0.15, 0.2) is 61.3 Å². The molecule has 0 radical (unpaired) electrons. The second-order valence-corrected chi connectivity index (χ2v) is 5.85. The lowest BCUT2D eigenvalue weighted by Crippen LogP contribution is -3.11. The lowest BCUT2D eigenvalue weighted by Gasteiger charge is -2.21. The summed E-state index contributed by atoms with van der Waals surface area (Å²) in [6.45, 7) is 7.39. The molecule has 0 aliphatic rings. The molecular weight excluding hydrogens is 288 g/mol. The van der Waals surface area contributed by atoms with Gasteiger partial charge in [0.05, 0.1) is 18.8 Å². The van der Waals surface area contributed by atoms with Gasteiger partial charge >= 0.3 is 0 Å². The van der Waals surface area contributed by atoms with Crippen molar-refractivity contribution in [1.82, 2.24) is 4.57 Å². The first kappa shape index (κ1) is 17.5. The van der Waals surface area contributed by atoms with Crippen molar-refractivity contribution in [2.24, 2.45) is 0 Å². The zero-order chi connectivity index (χ0) is 16.5. The van der Waals surface area contributed by atoms with Gasteiger partial charge in [0.2, 0.25) is 0 Å². The van der Waals surface area contributed by atoms with E-state index in [0.717, 1.165) is 19.6 Å². The van der Waals surface area contributed by atoms with Crippen molar-refractivity contribution in [3.63, 3.8) is 0 Å². The second kappa shape index (κ2) is 9.30. The van der Waals surface area contributed by atoms with Crippen molar-refractivity contribution in [3.8, 4) is 0 Å². The Balaban J connectivity index is 2.02. The standard InChI is InChI=1S/C19H26N2O2/c1-3-11-20(15-19(22)16-23-2)14-18-10-7-12-21(18)13-17-8-5-4-6-9-17/h3-10,12,19,22H,1,11,13-16H2,2H3/p+1/t19-/m0/s1. The normalized spacial score (nSPS) is 13.7. The maximum absolute atomic E-state index is 9.99. The summed E-state index contributed by atoms with van der Waals surface area (Å²) in [5.74, 6) is 0. The molecule has 2 aromatic rings. The van der Waals surface area contributed by atoms with Crippen molar-refractivity contribution >= 4 is 0 Å². The number of aromatic nitrogens is 1. The van der Waals surface area contributed by atoms with E-state index in [9.17, 15) is 5.11 Å². The Hall–Kier alpha value is -1.88. The van der Waals surface area contributed by atoms with Crippen LogP contribution in [0.2, 0.25) is 0 Å². The first-order valence-corrected chi connectivity index (χ1v) is 8.02. The van der Waals surface area contributed by atoms with E-state index in [4.69, 9.17) is 4.74 Å². The molecule has 0 saturated carbocycles. The number of hydrogen-bond acceptors (Lipinski definition) is 2. The lowest BCUT2D eigenvalue weighted by atomic mass is 10.2. The molecule has 0 spiro atoms. The third-order valence-electron chi connectivity index (χ3n) is 3.87. The number of aliphatic hydroxyl groups is 1. The summed E-state index contributed by atoms with van der Waals surface area (Å²) < 4.78 is 7.29. The van der Waals surface area contributed by atoms with Crippen LogP contribution in [0.25, 0.3) is 0 Å². The summed E-state index contributed by atoms with van der Waals surface area (Å²) >= 11 is 0. The molecule has 2 atom stereocenters. The van der Waals surface area contributed by atoms with E-state index in [2.05, 4.69) is 53.7 Å². The van der Waals surface area contributed by atoms with E-state index in [0.29, 0.717) is 13.2 Å². The molecule has 0 saturated heterocycles. The number of aliphatic hydroxyl groups excluding tert-OH is 1. The molecular formula is C19H27N2O2+. The Bertz CT molecular complexity index is 580.